The van der Waals surface area contributed by atoms with E-state index < -0.39 is 23.8 Å². The Morgan fingerprint density at radius 1 is 0.952 bits per heavy atom. The van der Waals surface area contributed by atoms with Crippen LogP contribution >= 0.6 is 23.2 Å². The lowest BCUT2D eigenvalue weighted by atomic mass is 9.92. The van der Waals surface area contributed by atoms with Gasteiger partial charge in [-0.3, -0.25) is 9.69 Å². The molecule has 1 saturated heterocycles. The quantitative estimate of drug-likeness (QED) is 0.352. The molecule has 1 fully saturated rings. The summed E-state index contributed by atoms with van der Waals surface area (Å²) in [6, 6.07) is 16.6. The van der Waals surface area contributed by atoms with Gasteiger partial charge in [0.1, 0.15) is 0 Å². The molecular weight excluding hydrogens is 590 g/mol. The molecule has 2 aliphatic rings. The predicted molar refractivity (Wildman–Crippen MR) is 154 cm³/mol. The van der Waals surface area contributed by atoms with E-state index in [-0.39, 0.29) is 22.9 Å². The summed E-state index contributed by atoms with van der Waals surface area (Å²) in [4.78, 5) is 32.3. The molecule has 3 aromatic rings. The Kier molecular flexibility index (Phi) is 8.08. The number of halogens is 5. The van der Waals surface area contributed by atoms with E-state index >= 15 is 0 Å². The smallest absolute Gasteiger partial charge is 0.368 e. The summed E-state index contributed by atoms with van der Waals surface area (Å²) in [5.41, 5.74) is 1.32. The summed E-state index contributed by atoms with van der Waals surface area (Å²) in [7, 11) is 0. The number of alkyl halides is 3. The van der Waals surface area contributed by atoms with Crippen molar-refractivity contribution in [1.29, 1.82) is 5.26 Å². The maximum Gasteiger partial charge on any atom is 0.416 e. The van der Waals surface area contributed by atoms with Crippen LogP contribution in [0.1, 0.15) is 29.7 Å². The molecule has 7 nitrogen and oxygen atoms in total. The first-order valence-corrected chi connectivity index (χ1v) is 13.7. The number of carbonyl (C=O) groups excluding carboxylic acids is 2. The van der Waals surface area contributed by atoms with Crippen molar-refractivity contribution in [3.8, 4) is 6.07 Å². The summed E-state index contributed by atoms with van der Waals surface area (Å²) >= 11 is 12.2. The second-order valence-electron chi connectivity index (χ2n) is 9.88. The Morgan fingerprint density at radius 2 is 1.64 bits per heavy atom. The molecule has 42 heavy (non-hydrogen) atoms. The summed E-state index contributed by atoms with van der Waals surface area (Å²) in [5.74, 6) is -0.354. The molecule has 1 atom stereocenters. The molecule has 1 N–H and O–H groups in total. The Morgan fingerprint density at radius 3 is 2.26 bits per heavy atom. The number of nitrogens with one attached hydrogen (secondary N) is 1. The lowest BCUT2D eigenvalue weighted by molar-refractivity contribution is -0.137. The standard InChI is InChI=1S/C30H24Cl2F3N5O2/c1-18-26(28(41)39-13-11-38(12-14-39)22-9-10-24(31)25(32)16-22)27(20-7-5-19(17-36)6-8-20)37-29(42)40(18)23-4-2-3-21(15-23)30(33,34)35/h2-10,15-16,27H,11-14H2,1H3,(H,37,42). The van der Waals surface area contributed by atoms with Crippen molar-refractivity contribution >= 4 is 46.5 Å². The first-order chi connectivity index (χ1) is 20.0. The molecular formula is C30H24Cl2F3N5O2. The number of amides is 3. The number of benzene rings is 3. The molecule has 0 spiro atoms. The van der Waals surface area contributed by atoms with E-state index in [1.807, 2.05) is 12.1 Å². The summed E-state index contributed by atoms with van der Waals surface area (Å²) < 4.78 is 40.5. The van der Waals surface area contributed by atoms with Crippen LogP contribution in [-0.2, 0) is 11.0 Å². The Hall–Kier alpha value is -4.20. The van der Waals surface area contributed by atoms with Gasteiger partial charge in [0, 0.05) is 37.6 Å². The molecule has 2 aliphatic heterocycles. The Bertz CT molecular complexity index is 1610. The van der Waals surface area contributed by atoms with E-state index in [9.17, 15) is 28.0 Å². The number of hydrogen-bond acceptors (Lipinski definition) is 4. The van der Waals surface area contributed by atoms with Gasteiger partial charge in [-0.2, -0.15) is 18.4 Å². The molecule has 0 aliphatic carbocycles. The highest BCUT2D eigenvalue weighted by atomic mass is 35.5. The van der Waals surface area contributed by atoms with E-state index in [2.05, 4.69) is 10.2 Å². The largest absolute Gasteiger partial charge is 0.416 e. The number of anilines is 2. The SMILES string of the molecule is CC1=C(C(=O)N2CCN(c3ccc(Cl)c(Cl)c3)CC2)C(c2ccc(C#N)cc2)NC(=O)N1c1cccc(C(F)(F)F)c1. The molecule has 216 valence electrons. The first-order valence-electron chi connectivity index (χ1n) is 13.0. The number of nitrogens with zero attached hydrogens (tertiary/aromatic N) is 4. The number of rotatable bonds is 4. The van der Waals surface area contributed by atoms with Crippen LogP contribution in [-0.4, -0.2) is 43.0 Å². The van der Waals surface area contributed by atoms with E-state index in [1.54, 1.807) is 48.2 Å². The van der Waals surface area contributed by atoms with Gasteiger partial charge in [-0.25, -0.2) is 4.79 Å². The highest BCUT2D eigenvalue weighted by molar-refractivity contribution is 6.42. The summed E-state index contributed by atoms with van der Waals surface area (Å²) in [6.07, 6.45) is -4.61. The van der Waals surface area contributed by atoms with Crippen LogP contribution in [0.25, 0.3) is 0 Å². The molecule has 0 aromatic heterocycles. The molecule has 3 amide bonds. The lowest BCUT2D eigenvalue weighted by Gasteiger charge is -2.40. The first kappa shape index (κ1) is 29.3. The van der Waals surface area contributed by atoms with Crippen LogP contribution in [0.2, 0.25) is 10.0 Å². The van der Waals surface area contributed by atoms with E-state index in [1.165, 1.54) is 12.1 Å². The Balaban J connectivity index is 1.50. The summed E-state index contributed by atoms with van der Waals surface area (Å²) in [5, 5.41) is 12.9. The second-order valence-corrected chi connectivity index (χ2v) is 10.7. The fourth-order valence-electron chi connectivity index (χ4n) is 5.17. The zero-order valence-corrected chi connectivity index (χ0v) is 23.8. The van der Waals surface area contributed by atoms with Gasteiger partial charge in [-0.1, -0.05) is 41.4 Å². The minimum atomic E-state index is -4.61. The number of nitriles is 1. The van der Waals surface area contributed by atoms with Crippen molar-refractivity contribution in [2.45, 2.75) is 19.1 Å². The van der Waals surface area contributed by atoms with Crippen LogP contribution in [0, 0.1) is 11.3 Å². The highest BCUT2D eigenvalue weighted by Crippen LogP contribution is 2.37. The van der Waals surface area contributed by atoms with Crippen molar-refractivity contribution < 1.29 is 22.8 Å². The van der Waals surface area contributed by atoms with Crippen molar-refractivity contribution in [2.24, 2.45) is 0 Å². The highest BCUT2D eigenvalue weighted by Gasteiger charge is 2.39. The predicted octanol–water partition coefficient (Wildman–Crippen LogP) is 6.78. The van der Waals surface area contributed by atoms with Crippen LogP contribution in [0.3, 0.4) is 0 Å². The van der Waals surface area contributed by atoms with E-state index in [4.69, 9.17) is 23.2 Å². The number of allylic oxidation sites excluding steroid dienone is 1. The van der Waals surface area contributed by atoms with Crippen molar-refractivity contribution in [3.05, 3.63) is 105 Å². The normalized spacial score (nSPS) is 17.7. The maximum atomic E-state index is 14.1. The van der Waals surface area contributed by atoms with Gasteiger partial charge in [0.2, 0.25) is 0 Å². The number of urea groups is 1. The van der Waals surface area contributed by atoms with Crippen molar-refractivity contribution in [3.63, 3.8) is 0 Å². The second kappa shape index (κ2) is 11.6. The maximum absolute atomic E-state index is 14.1. The van der Waals surface area contributed by atoms with Crippen LogP contribution in [0.4, 0.5) is 29.3 Å². The van der Waals surface area contributed by atoms with E-state index in [0.717, 1.165) is 22.7 Å². The zero-order valence-electron chi connectivity index (χ0n) is 22.3. The molecule has 2 heterocycles. The van der Waals surface area contributed by atoms with E-state index in [0.29, 0.717) is 47.4 Å². The number of hydrogen-bond donors (Lipinski definition) is 1. The third-order valence-corrected chi connectivity index (χ3v) is 8.09. The third-order valence-electron chi connectivity index (χ3n) is 7.36. The van der Waals surface area contributed by atoms with Gasteiger partial charge in [0.15, 0.2) is 0 Å². The molecule has 3 aromatic carbocycles. The van der Waals surface area contributed by atoms with Gasteiger partial charge in [0.25, 0.3) is 5.91 Å². The molecule has 1 unspecified atom stereocenters. The van der Waals surface area contributed by atoms with Crippen LogP contribution < -0.4 is 15.1 Å². The zero-order chi connectivity index (χ0) is 30.2. The van der Waals surface area contributed by atoms with Gasteiger partial charge in [-0.15, -0.1) is 0 Å². The molecule has 5 rings (SSSR count). The van der Waals surface area contributed by atoms with Crippen molar-refractivity contribution in [1.82, 2.24) is 10.2 Å². The van der Waals surface area contributed by atoms with Crippen LogP contribution in [0.15, 0.2) is 78.0 Å². The average molecular weight is 614 g/mol. The van der Waals surface area contributed by atoms with Gasteiger partial charge in [0.05, 0.1) is 44.5 Å². The molecule has 0 saturated carbocycles. The number of carbonyl (C=O) groups is 2. The molecule has 12 heteroatoms. The van der Waals surface area contributed by atoms with Gasteiger partial charge in [-0.05, 0) is 61.0 Å². The fraction of sp³-hybridized carbons (Fsp3) is 0.233. The fourth-order valence-corrected chi connectivity index (χ4v) is 5.46. The summed E-state index contributed by atoms with van der Waals surface area (Å²) in [6.45, 7) is 3.26. The number of piperazine rings is 1. The monoisotopic (exact) mass is 613 g/mol. The minimum Gasteiger partial charge on any atom is -0.368 e. The average Bonchev–Trinajstić information content (AvgIpc) is 2.98. The van der Waals surface area contributed by atoms with Gasteiger partial charge < -0.3 is 15.1 Å². The lowest BCUT2D eigenvalue weighted by Crippen LogP contribution is -2.53. The minimum absolute atomic E-state index is 0.0205. The molecule has 0 bridgehead atoms. The topological polar surface area (TPSA) is 79.7 Å². The third kappa shape index (κ3) is 5.75. The van der Waals surface area contributed by atoms with Gasteiger partial charge >= 0.3 is 12.2 Å². The van der Waals surface area contributed by atoms with Crippen molar-refractivity contribution in [2.75, 3.05) is 36.0 Å². The molecule has 0 radical (unpaired) electrons. The van der Waals surface area contributed by atoms with Crippen LogP contribution in [0.5, 0.6) is 0 Å². The Labute approximate surface area is 250 Å².